The summed E-state index contributed by atoms with van der Waals surface area (Å²) in [6.07, 6.45) is -0.620. The maximum atomic E-state index is 13.4. The topological polar surface area (TPSA) is 38.9 Å². The summed E-state index contributed by atoms with van der Waals surface area (Å²) in [5.41, 5.74) is 2.06. The molecule has 106 valence electrons. The number of rotatable bonds is 3. The van der Waals surface area contributed by atoms with Crippen molar-refractivity contribution in [1.29, 1.82) is 0 Å². The number of benzene rings is 1. The van der Waals surface area contributed by atoms with E-state index >= 15 is 0 Å². The first kappa shape index (κ1) is 12.4. The molecule has 3 aromatic rings. The first-order valence-electron chi connectivity index (χ1n) is 6.88. The molecule has 0 aliphatic heterocycles. The van der Waals surface area contributed by atoms with Crippen LogP contribution in [0.1, 0.15) is 36.4 Å². The van der Waals surface area contributed by atoms with Crippen LogP contribution < -0.4 is 0 Å². The van der Waals surface area contributed by atoms with Crippen molar-refractivity contribution in [3.63, 3.8) is 0 Å². The van der Waals surface area contributed by atoms with Crippen molar-refractivity contribution in [3.05, 3.63) is 47.7 Å². The van der Waals surface area contributed by atoms with Gasteiger partial charge in [-0.15, -0.1) is 0 Å². The molecule has 0 spiro atoms. The van der Waals surface area contributed by atoms with Crippen LogP contribution in [0.4, 0.5) is 8.78 Å². The predicted molar refractivity (Wildman–Crippen MR) is 74.2 cm³/mol. The van der Waals surface area contributed by atoms with Gasteiger partial charge in [-0.3, -0.25) is 0 Å². The highest BCUT2D eigenvalue weighted by molar-refractivity contribution is 5.84. The van der Waals surface area contributed by atoms with Crippen molar-refractivity contribution in [2.75, 3.05) is 0 Å². The van der Waals surface area contributed by atoms with Crippen molar-refractivity contribution < 1.29 is 13.3 Å². The number of aromatic nitrogens is 2. The number of nitrogens with zero attached hydrogens (tertiary/aromatic N) is 2. The molecule has 4 rings (SSSR count). The Morgan fingerprint density at radius 2 is 1.90 bits per heavy atom. The van der Waals surface area contributed by atoms with Gasteiger partial charge in [0.05, 0.1) is 16.8 Å². The molecular weight excluding hydrogens is 274 g/mol. The van der Waals surface area contributed by atoms with Crippen LogP contribution in [0.15, 0.2) is 40.9 Å². The summed E-state index contributed by atoms with van der Waals surface area (Å²) < 4.78 is 32.1. The van der Waals surface area contributed by atoms with Gasteiger partial charge in [-0.2, -0.15) is 0 Å². The Morgan fingerprint density at radius 3 is 2.57 bits per heavy atom. The van der Waals surface area contributed by atoms with Crippen LogP contribution >= 0.6 is 0 Å². The smallest absolute Gasteiger partial charge is 0.264 e. The molecule has 1 aliphatic rings. The minimum absolute atomic E-state index is 0.0398. The van der Waals surface area contributed by atoms with Crippen molar-refractivity contribution >= 4 is 11.1 Å². The molecule has 0 N–H and O–H groups in total. The fraction of sp³-hybridized carbons (Fsp3) is 0.250. The maximum Gasteiger partial charge on any atom is 0.264 e. The van der Waals surface area contributed by atoms with E-state index in [4.69, 9.17) is 4.52 Å². The second-order valence-corrected chi connectivity index (χ2v) is 5.29. The second kappa shape index (κ2) is 4.62. The zero-order valence-electron chi connectivity index (χ0n) is 11.1. The monoisotopic (exact) mass is 286 g/mol. The summed E-state index contributed by atoms with van der Waals surface area (Å²) in [5.74, 6) is 0.244. The van der Waals surface area contributed by atoms with Crippen molar-refractivity contribution in [3.8, 4) is 11.3 Å². The van der Waals surface area contributed by atoms with Gasteiger partial charge in [0.2, 0.25) is 0 Å². The number of pyridine rings is 1. The summed E-state index contributed by atoms with van der Waals surface area (Å²) in [5, 5.41) is 4.36. The molecule has 5 heteroatoms. The molecule has 21 heavy (non-hydrogen) atoms. The van der Waals surface area contributed by atoms with Crippen LogP contribution in [-0.2, 0) is 0 Å². The molecule has 0 bridgehead atoms. The Bertz CT molecular complexity index is 795. The number of fused-ring (bicyclic) bond motifs is 1. The molecular formula is C16H12F2N2O. The molecule has 3 nitrogen and oxygen atoms in total. The molecule has 1 aliphatic carbocycles. The third kappa shape index (κ3) is 2.09. The van der Waals surface area contributed by atoms with E-state index in [0.717, 1.165) is 18.4 Å². The highest BCUT2D eigenvalue weighted by Crippen LogP contribution is 2.44. The molecule has 2 heterocycles. The third-order valence-corrected chi connectivity index (χ3v) is 3.77. The predicted octanol–water partition coefficient (Wildman–Crippen LogP) is 4.70. The molecule has 0 amide bonds. The summed E-state index contributed by atoms with van der Waals surface area (Å²) in [7, 11) is 0. The SMILES string of the molecule is FC(F)c1cc(-c2ccccc2)nc2onc(C3CC3)c12. The lowest BCUT2D eigenvalue weighted by Gasteiger charge is -2.06. The number of hydrogen-bond donors (Lipinski definition) is 0. The van der Waals surface area contributed by atoms with Gasteiger partial charge in [0.1, 0.15) is 0 Å². The van der Waals surface area contributed by atoms with Crippen LogP contribution in [0.25, 0.3) is 22.4 Å². The van der Waals surface area contributed by atoms with Crippen molar-refractivity contribution in [1.82, 2.24) is 10.1 Å². The van der Waals surface area contributed by atoms with Gasteiger partial charge >= 0.3 is 0 Å². The molecule has 0 unspecified atom stereocenters. The van der Waals surface area contributed by atoms with Gasteiger partial charge in [-0.05, 0) is 18.9 Å². The minimum atomic E-state index is -2.57. The molecule has 2 aromatic heterocycles. The molecule has 1 fully saturated rings. The van der Waals surface area contributed by atoms with Gasteiger partial charge in [0.25, 0.3) is 12.1 Å². The molecule has 1 saturated carbocycles. The third-order valence-electron chi connectivity index (χ3n) is 3.77. The van der Waals surface area contributed by atoms with E-state index in [1.807, 2.05) is 30.3 Å². The van der Waals surface area contributed by atoms with Crippen molar-refractivity contribution in [2.45, 2.75) is 25.2 Å². The van der Waals surface area contributed by atoms with Crippen LogP contribution in [0, 0.1) is 0 Å². The van der Waals surface area contributed by atoms with Gasteiger partial charge in [0.15, 0.2) is 0 Å². The van der Waals surface area contributed by atoms with E-state index in [0.29, 0.717) is 16.8 Å². The van der Waals surface area contributed by atoms with E-state index in [2.05, 4.69) is 10.1 Å². The first-order valence-corrected chi connectivity index (χ1v) is 6.88. The summed E-state index contributed by atoms with van der Waals surface area (Å²) >= 11 is 0. The molecule has 1 aromatic carbocycles. The summed E-state index contributed by atoms with van der Waals surface area (Å²) in [4.78, 5) is 4.36. The van der Waals surface area contributed by atoms with Crippen LogP contribution in [0.5, 0.6) is 0 Å². The number of hydrogen-bond acceptors (Lipinski definition) is 3. The normalized spacial score (nSPS) is 15.0. The van der Waals surface area contributed by atoms with E-state index < -0.39 is 6.43 Å². The maximum absolute atomic E-state index is 13.4. The average Bonchev–Trinajstić information content (AvgIpc) is 3.26. The van der Waals surface area contributed by atoms with Crippen LogP contribution in [0.2, 0.25) is 0 Å². The zero-order valence-corrected chi connectivity index (χ0v) is 11.1. The average molecular weight is 286 g/mol. The molecule has 0 atom stereocenters. The van der Waals surface area contributed by atoms with Crippen molar-refractivity contribution in [2.24, 2.45) is 0 Å². The Hall–Kier alpha value is -2.30. The quantitative estimate of drug-likeness (QED) is 0.700. The number of alkyl halides is 2. The molecule has 0 radical (unpaired) electrons. The fourth-order valence-electron chi connectivity index (χ4n) is 2.57. The standard InChI is InChI=1S/C16H12F2N2O/c17-15(18)11-8-12(9-4-2-1-3-5-9)19-16-13(11)14(20-21-16)10-6-7-10/h1-5,8,10,15H,6-7H2. The molecule has 0 saturated heterocycles. The van der Waals surface area contributed by atoms with E-state index in [1.54, 1.807) is 0 Å². The summed E-state index contributed by atoms with van der Waals surface area (Å²) in [6, 6.07) is 10.7. The van der Waals surface area contributed by atoms with Crippen LogP contribution in [0.3, 0.4) is 0 Å². The van der Waals surface area contributed by atoms with Gasteiger partial charge in [-0.1, -0.05) is 35.5 Å². The van der Waals surface area contributed by atoms with E-state index in [1.165, 1.54) is 6.07 Å². The fourth-order valence-corrected chi connectivity index (χ4v) is 2.57. The Balaban J connectivity index is 1.96. The first-order chi connectivity index (χ1) is 10.2. The Morgan fingerprint density at radius 1 is 1.14 bits per heavy atom. The Kier molecular flexibility index (Phi) is 2.74. The van der Waals surface area contributed by atoms with E-state index in [9.17, 15) is 8.78 Å². The van der Waals surface area contributed by atoms with Gasteiger partial charge in [0, 0.05) is 17.0 Å². The van der Waals surface area contributed by atoms with Gasteiger partial charge in [-0.25, -0.2) is 13.8 Å². The lowest BCUT2D eigenvalue weighted by Crippen LogP contribution is -1.93. The van der Waals surface area contributed by atoms with Crippen LogP contribution in [-0.4, -0.2) is 10.1 Å². The zero-order chi connectivity index (χ0) is 14.4. The van der Waals surface area contributed by atoms with Gasteiger partial charge < -0.3 is 4.52 Å². The lowest BCUT2D eigenvalue weighted by atomic mass is 10.0. The number of halogens is 2. The highest BCUT2D eigenvalue weighted by Gasteiger charge is 2.32. The second-order valence-electron chi connectivity index (χ2n) is 5.29. The summed E-state index contributed by atoms with van der Waals surface area (Å²) in [6.45, 7) is 0. The minimum Gasteiger partial charge on any atom is -0.335 e. The largest absolute Gasteiger partial charge is 0.335 e. The Labute approximate surface area is 119 Å². The van der Waals surface area contributed by atoms with E-state index in [-0.39, 0.29) is 17.2 Å². The highest BCUT2D eigenvalue weighted by atomic mass is 19.3. The lowest BCUT2D eigenvalue weighted by molar-refractivity contribution is 0.153.